The Bertz CT molecular complexity index is 908. The first-order chi connectivity index (χ1) is 14.2. The maximum atomic E-state index is 12.9. The fourth-order valence-electron chi connectivity index (χ4n) is 3.66. The third kappa shape index (κ3) is 3.91. The van der Waals surface area contributed by atoms with Gasteiger partial charge in [-0.15, -0.1) is 0 Å². The summed E-state index contributed by atoms with van der Waals surface area (Å²) < 4.78 is 26.6. The van der Waals surface area contributed by atoms with Gasteiger partial charge in [0.1, 0.15) is 11.7 Å². The second kappa shape index (κ2) is 8.53. The fourth-order valence-corrected chi connectivity index (χ4v) is 3.66. The molecule has 0 bridgehead atoms. The Morgan fingerprint density at radius 3 is 2.69 bits per heavy atom. The van der Waals surface area contributed by atoms with Crippen LogP contribution in [0.25, 0.3) is 0 Å². The second-order valence-electron chi connectivity index (χ2n) is 6.75. The zero-order chi connectivity index (χ0) is 20.2. The van der Waals surface area contributed by atoms with Gasteiger partial charge >= 0.3 is 5.97 Å². The van der Waals surface area contributed by atoms with Gasteiger partial charge < -0.3 is 23.7 Å². The van der Waals surface area contributed by atoms with E-state index in [1.54, 1.807) is 14.0 Å². The minimum atomic E-state index is -0.485. The molecular weight excluding hydrogens is 374 g/mol. The van der Waals surface area contributed by atoms with Gasteiger partial charge in [-0.25, -0.2) is 0 Å². The molecule has 2 heterocycles. The molecule has 0 spiro atoms. The number of carbonyl (C=O) groups is 1. The van der Waals surface area contributed by atoms with Crippen LogP contribution < -0.4 is 14.2 Å². The van der Waals surface area contributed by atoms with Gasteiger partial charge in [-0.1, -0.05) is 6.07 Å². The molecule has 2 aromatic rings. The average Bonchev–Trinajstić information content (AvgIpc) is 3.39. The summed E-state index contributed by atoms with van der Waals surface area (Å²) in [6, 6.07) is 13.2. The molecular formula is C22H23NO6. The number of hydrogen-bond donors (Lipinski definition) is 0. The Kier molecular flexibility index (Phi) is 5.67. The lowest BCUT2D eigenvalue weighted by atomic mass is 9.83. The second-order valence-corrected chi connectivity index (χ2v) is 6.75. The number of esters is 1. The Morgan fingerprint density at radius 1 is 1.14 bits per heavy atom. The number of carbonyl (C=O) groups excluding carboxylic acids is 1. The van der Waals surface area contributed by atoms with Crippen LogP contribution >= 0.6 is 0 Å². The Labute approximate surface area is 169 Å². The Hall–Kier alpha value is -3.06. The van der Waals surface area contributed by atoms with E-state index in [0.717, 1.165) is 16.8 Å². The average molecular weight is 397 g/mol. The summed E-state index contributed by atoms with van der Waals surface area (Å²) >= 11 is 0. The van der Waals surface area contributed by atoms with E-state index in [4.69, 9.17) is 28.7 Å². The van der Waals surface area contributed by atoms with Crippen molar-refractivity contribution in [3.8, 4) is 17.2 Å². The van der Waals surface area contributed by atoms with Crippen molar-refractivity contribution in [3.05, 3.63) is 53.6 Å². The van der Waals surface area contributed by atoms with Crippen molar-refractivity contribution in [1.29, 1.82) is 0 Å². The van der Waals surface area contributed by atoms with Gasteiger partial charge in [-0.05, 0) is 54.4 Å². The summed E-state index contributed by atoms with van der Waals surface area (Å²) in [4.78, 5) is 17.6. The smallest absolute Gasteiger partial charge is 0.315 e. The molecule has 7 nitrogen and oxygen atoms in total. The third-order valence-corrected chi connectivity index (χ3v) is 5.01. The molecule has 0 aliphatic carbocycles. The van der Waals surface area contributed by atoms with Crippen molar-refractivity contribution < 1.29 is 28.5 Å². The van der Waals surface area contributed by atoms with Crippen LogP contribution in [0.2, 0.25) is 0 Å². The molecule has 0 amide bonds. The van der Waals surface area contributed by atoms with Gasteiger partial charge in [0.05, 0.1) is 12.3 Å². The maximum absolute atomic E-state index is 12.9. The molecule has 0 N–H and O–H groups in total. The van der Waals surface area contributed by atoms with Crippen LogP contribution in [0.1, 0.15) is 24.0 Å². The lowest BCUT2D eigenvalue weighted by Crippen LogP contribution is -2.29. The predicted molar refractivity (Wildman–Crippen MR) is 106 cm³/mol. The minimum Gasteiger partial charge on any atom is -0.468 e. The quantitative estimate of drug-likeness (QED) is 0.528. The molecule has 152 valence electrons. The number of methoxy groups -OCH3 is 1. The molecule has 2 atom stereocenters. The molecule has 0 saturated heterocycles. The van der Waals surface area contributed by atoms with E-state index in [1.807, 2.05) is 42.5 Å². The standard InChI is InChI=1S/C22H23NO6/c1-3-26-22(24)20-17(15-6-9-18-19(10-15)29-13-28-18)11-23-21(20)14-4-7-16(8-5-14)27-12-25-2/h4-10,17,20H,3,11-13H2,1-2H3. The van der Waals surface area contributed by atoms with Gasteiger partial charge in [0.15, 0.2) is 18.3 Å². The maximum Gasteiger partial charge on any atom is 0.315 e. The molecule has 2 aliphatic rings. The van der Waals surface area contributed by atoms with Crippen molar-refractivity contribution >= 4 is 11.7 Å². The van der Waals surface area contributed by atoms with E-state index in [-0.39, 0.29) is 25.5 Å². The number of hydrogen-bond acceptors (Lipinski definition) is 7. The highest BCUT2D eigenvalue weighted by Gasteiger charge is 2.40. The van der Waals surface area contributed by atoms with Crippen molar-refractivity contribution in [3.63, 3.8) is 0 Å². The highest BCUT2D eigenvalue weighted by molar-refractivity contribution is 6.13. The van der Waals surface area contributed by atoms with E-state index in [2.05, 4.69) is 0 Å². The number of benzene rings is 2. The molecule has 0 saturated carbocycles. The van der Waals surface area contributed by atoms with Crippen molar-refractivity contribution in [2.24, 2.45) is 10.9 Å². The molecule has 0 aromatic heterocycles. The van der Waals surface area contributed by atoms with Crippen LogP contribution in [0.5, 0.6) is 17.2 Å². The van der Waals surface area contributed by atoms with Gasteiger partial charge in [0.2, 0.25) is 6.79 Å². The van der Waals surface area contributed by atoms with E-state index >= 15 is 0 Å². The summed E-state index contributed by atoms with van der Waals surface area (Å²) in [7, 11) is 1.57. The molecule has 2 unspecified atom stereocenters. The van der Waals surface area contributed by atoms with Gasteiger partial charge in [0.25, 0.3) is 0 Å². The Balaban J connectivity index is 1.61. The first-order valence-electron chi connectivity index (χ1n) is 9.54. The zero-order valence-electron chi connectivity index (χ0n) is 16.4. The van der Waals surface area contributed by atoms with E-state index in [1.165, 1.54) is 0 Å². The van der Waals surface area contributed by atoms with Gasteiger partial charge in [-0.2, -0.15) is 0 Å². The molecule has 0 radical (unpaired) electrons. The van der Waals surface area contributed by atoms with Crippen LogP contribution in [0.3, 0.4) is 0 Å². The monoisotopic (exact) mass is 397 g/mol. The minimum absolute atomic E-state index is 0.122. The highest BCUT2D eigenvalue weighted by atomic mass is 16.7. The Morgan fingerprint density at radius 2 is 1.93 bits per heavy atom. The molecule has 2 aromatic carbocycles. The van der Waals surface area contributed by atoms with Gasteiger partial charge in [-0.3, -0.25) is 9.79 Å². The van der Waals surface area contributed by atoms with E-state index in [0.29, 0.717) is 30.4 Å². The van der Waals surface area contributed by atoms with Crippen LogP contribution in [-0.2, 0) is 14.3 Å². The van der Waals surface area contributed by atoms with Crippen molar-refractivity contribution in [2.75, 3.05) is 33.8 Å². The van der Waals surface area contributed by atoms with E-state index < -0.39 is 5.92 Å². The summed E-state index contributed by atoms with van der Waals surface area (Å²) in [5.41, 5.74) is 2.58. The number of aliphatic imine (C=N–C) groups is 1. The SMILES string of the molecule is CCOC(=O)C1C(c2ccc(OCOC)cc2)=NCC1c1ccc2c(c1)OCO2. The lowest BCUT2D eigenvalue weighted by Gasteiger charge is -2.20. The largest absolute Gasteiger partial charge is 0.468 e. The van der Waals surface area contributed by atoms with Crippen LogP contribution in [0, 0.1) is 5.92 Å². The normalized spacial score (nSPS) is 19.7. The number of rotatable bonds is 7. The number of fused-ring (bicyclic) bond motifs is 1. The first kappa shape index (κ1) is 19.3. The van der Waals surface area contributed by atoms with Crippen LogP contribution in [0.15, 0.2) is 47.5 Å². The summed E-state index contributed by atoms with van der Waals surface area (Å²) in [5, 5.41) is 0. The molecule has 2 aliphatic heterocycles. The van der Waals surface area contributed by atoms with Crippen LogP contribution in [-0.4, -0.2) is 45.5 Å². The number of nitrogens with zero attached hydrogens (tertiary/aromatic N) is 1. The topological polar surface area (TPSA) is 75.6 Å². The molecule has 7 heteroatoms. The van der Waals surface area contributed by atoms with Gasteiger partial charge in [0, 0.05) is 19.6 Å². The third-order valence-electron chi connectivity index (χ3n) is 5.01. The van der Waals surface area contributed by atoms with Crippen molar-refractivity contribution in [2.45, 2.75) is 12.8 Å². The lowest BCUT2D eigenvalue weighted by molar-refractivity contribution is -0.145. The molecule has 29 heavy (non-hydrogen) atoms. The zero-order valence-corrected chi connectivity index (χ0v) is 16.4. The predicted octanol–water partition coefficient (Wildman–Crippen LogP) is 3.16. The fraction of sp³-hybridized carbons (Fsp3) is 0.364. The van der Waals surface area contributed by atoms with Crippen molar-refractivity contribution in [1.82, 2.24) is 0 Å². The summed E-state index contributed by atoms with van der Waals surface area (Å²) in [6.07, 6.45) is 0. The molecule has 0 fully saturated rings. The first-order valence-corrected chi connectivity index (χ1v) is 9.54. The van der Waals surface area contributed by atoms with E-state index in [9.17, 15) is 4.79 Å². The van der Waals surface area contributed by atoms with Crippen LogP contribution in [0.4, 0.5) is 0 Å². The molecule has 4 rings (SSSR count). The number of ether oxygens (including phenoxy) is 5. The highest BCUT2D eigenvalue weighted by Crippen LogP contribution is 2.40. The summed E-state index contributed by atoms with van der Waals surface area (Å²) in [5.74, 6) is 1.22. The summed E-state index contributed by atoms with van der Waals surface area (Å²) in [6.45, 7) is 3.02.